The van der Waals surface area contributed by atoms with E-state index in [1.165, 1.54) is 27.8 Å². The Morgan fingerprint density at radius 3 is 2.52 bits per heavy atom. The Hall–Kier alpha value is -2.58. The van der Waals surface area contributed by atoms with Gasteiger partial charge in [0.2, 0.25) is 5.91 Å². The van der Waals surface area contributed by atoms with Crippen molar-refractivity contribution in [3.8, 4) is 0 Å². The van der Waals surface area contributed by atoms with E-state index in [0.29, 0.717) is 29.5 Å². The fraction of sp³-hybridized carbons (Fsp3) is 0.429. The first kappa shape index (κ1) is 21.1. The quantitative estimate of drug-likeness (QED) is 0.621. The first-order valence-corrected chi connectivity index (χ1v) is 10.3. The second-order valence-corrected chi connectivity index (χ2v) is 8.60. The van der Waals surface area contributed by atoms with E-state index >= 15 is 0 Å². The van der Waals surface area contributed by atoms with Crippen molar-refractivity contribution in [1.82, 2.24) is 19.4 Å². The van der Waals surface area contributed by atoms with E-state index in [-0.39, 0.29) is 18.0 Å². The van der Waals surface area contributed by atoms with Gasteiger partial charge in [0, 0.05) is 24.3 Å². The minimum atomic E-state index is -0.186. The van der Waals surface area contributed by atoms with Gasteiger partial charge in [0.1, 0.15) is 6.54 Å². The van der Waals surface area contributed by atoms with Gasteiger partial charge in [-0.05, 0) is 59.0 Å². The van der Waals surface area contributed by atoms with Crippen molar-refractivity contribution in [1.29, 1.82) is 0 Å². The van der Waals surface area contributed by atoms with Gasteiger partial charge in [0.25, 0.3) is 5.56 Å². The first-order valence-electron chi connectivity index (χ1n) is 9.53. The number of aromatic nitrogens is 3. The average Bonchev–Trinajstić information content (AvgIpc) is 3.10. The van der Waals surface area contributed by atoms with Crippen LogP contribution in [0.15, 0.2) is 23.3 Å². The number of hydrogen-bond donors (Lipinski definition) is 0. The van der Waals surface area contributed by atoms with E-state index in [1.54, 1.807) is 18.7 Å². The molecular weight excluding hydrogens is 386 g/mol. The molecule has 154 valence electrons. The van der Waals surface area contributed by atoms with Crippen molar-refractivity contribution in [3.05, 3.63) is 51.2 Å². The highest BCUT2D eigenvalue weighted by Gasteiger charge is 2.22. The molecule has 8 heteroatoms. The standard InChI is InChI=1S/C21H27N5O2S/c1-13-7-8-17-19(14(13)2)23-21(29-17)26(10-9-24(5)6)18(27)11-25-12-22-16(4)15(3)20(25)28/h7-8,12H,9-11H2,1-6H3. The van der Waals surface area contributed by atoms with Gasteiger partial charge in [-0.25, -0.2) is 9.97 Å². The lowest BCUT2D eigenvalue weighted by Gasteiger charge is -2.22. The maximum Gasteiger partial charge on any atom is 0.256 e. The smallest absolute Gasteiger partial charge is 0.256 e. The maximum atomic E-state index is 13.2. The van der Waals surface area contributed by atoms with Crippen LogP contribution in [0.1, 0.15) is 22.4 Å². The third-order valence-corrected chi connectivity index (χ3v) is 6.24. The summed E-state index contributed by atoms with van der Waals surface area (Å²) in [5.41, 5.74) is 4.28. The number of anilines is 1. The highest BCUT2D eigenvalue weighted by atomic mass is 32.1. The van der Waals surface area contributed by atoms with Crippen molar-refractivity contribution in [2.45, 2.75) is 34.2 Å². The molecule has 3 rings (SSSR count). The predicted molar refractivity (Wildman–Crippen MR) is 118 cm³/mol. The molecule has 1 amide bonds. The lowest BCUT2D eigenvalue weighted by molar-refractivity contribution is -0.119. The van der Waals surface area contributed by atoms with E-state index < -0.39 is 0 Å². The molecule has 0 unspecified atom stereocenters. The minimum Gasteiger partial charge on any atom is -0.308 e. The molecule has 29 heavy (non-hydrogen) atoms. The summed E-state index contributed by atoms with van der Waals surface area (Å²) in [4.78, 5) is 38.4. The van der Waals surface area contributed by atoms with Crippen molar-refractivity contribution in [3.63, 3.8) is 0 Å². The van der Waals surface area contributed by atoms with E-state index in [4.69, 9.17) is 4.98 Å². The van der Waals surface area contributed by atoms with Gasteiger partial charge in [-0.3, -0.25) is 19.1 Å². The zero-order chi connectivity index (χ0) is 21.3. The molecule has 0 spiro atoms. The van der Waals surface area contributed by atoms with Gasteiger partial charge in [-0.2, -0.15) is 0 Å². The van der Waals surface area contributed by atoms with Crippen LogP contribution in [-0.2, 0) is 11.3 Å². The number of benzene rings is 1. The predicted octanol–water partition coefficient (Wildman–Crippen LogP) is 2.68. The molecule has 0 aliphatic carbocycles. The number of nitrogens with zero attached hydrogens (tertiary/aromatic N) is 5. The molecule has 0 radical (unpaired) electrons. The number of amides is 1. The molecule has 0 aliphatic heterocycles. The zero-order valence-corrected chi connectivity index (χ0v) is 18.6. The van der Waals surface area contributed by atoms with Crippen LogP contribution in [0.4, 0.5) is 5.13 Å². The van der Waals surface area contributed by atoms with E-state index in [9.17, 15) is 9.59 Å². The topological polar surface area (TPSA) is 71.3 Å². The third kappa shape index (κ3) is 4.38. The number of thiazole rings is 1. The molecule has 0 fully saturated rings. The van der Waals surface area contributed by atoms with Crippen LogP contribution in [0, 0.1) is 27.7 Å². The lowest BCUT2D eigenvalue weighted by atomic mass is 10.1. The summed E-state index contributed by atoms with van der Waals surface area (Å²) in [6, 6.07) is 4.12. The molecule has 2 heterocycles. The lowest BCUT2D eigenvalue weighted by Crippen LogP contribution is -2.40. The van der Waals surface area contributed by atoms with Gasteiger partial charge >= 0.3 is 0 Å². The van der Waals surface area contributed by atoms with Gasteiger partial charge in [-0.15, -0.1) is 0 Å². The third-order valence-electron chi connectivity index (χ3n) is 5.20. The summed E-state index contributed by atoms with van der Waals surface area (Å²) < 4.78 is 2.42. The molecule has 3 aromatic rings. The van der Waals surface area contributed by atoms with Gasteiger partial charge < -0.3 is 4.90 Å². The number of hydrogen-bond acceptors (Lipinski definition) is 6. The zero-order valence-electron chi connectivity index (χ0n) is 17.8. The monoisotopic (exact) mass is 413 g/mol. The highest BCUT2D eigenvalue weighted by molar-refractivity contribution is 7.22. The molecule has 1 aromatic carbocycles. The van der Waals surface area contributed by atoms with Crippen molar-refractivity contribution in [2.24, 2.45) is 0 Å². The normalized spacial score (nSPS) is 11.4. The number of likely N-dealkylation sites (N-methyl/N-ethyl adjacent to an activating group) is 1. The van der Waals surface area contributed by atoms with Gasteiger partial charge in [-0.1, -0.05) is 17.4 Å². The Bertz CT molecular complexity index is 1120. The second-order valence-electron chi connectivity index (χ2n) is 7.59. The molecule has 7 nitrogen and oxygen atoms in total. The Morgan fingerprint density at radius 1 is 1.10 bits per heavy atom. The van der Waals surface area contributed by atoms with Crippen LogP contribution in [-0.4, -0.2) is 52.5 Å². The number of carbonyl (C=O) groups excluding carboxylic acids is 1. The van der Waals surface area contributed by atoms with Crippen molar-refractivity contribution < 1.29 is 4.79 Å². The molecule has 0 saturated carbocycles. The molecule has 0 bridgehead atoms. The van der Waals surface area contributed by atoms with E-state index in [0.717, 1.165) is 15.8 Å². The molecular formula is C21H27N5O2S. The highest BCUT2D eigenvalue weighted by Crippen LogP contribution is 2.32. The Labute approximate surface area is 174 Å². The van der Waals surface area contributed by atoms with Crippen LogP contribution in [0.2, 0.25) is 0 Å². The minimum absolute atomic E-state index is 0.0612. The summed E-state index contributed by atoms with van der Waals surface area (Å²) in [6.45, 7) is 8.76. The van der Waals surface area contributed by atoms with Crippen LogP contribution in [0.25, 0.3) is 10.2 Å². The van der Waals surface area contributed by atoms with Crippen LogP contribution in [0.5, 0.6) is 0 Å². The van der Waals surface area contributed by atoms with Crippen LogP contribution >= 0.6 is 11.3 Å². The summed E-state index contributed by atoms with van der Waals surface area (Å²) in [6.07, 6.45) is 1.44. The Kier molecular flexibility index (Phi) is 6.14. The van der Waals surface area contributed by atoms with E-state index in [2.05, 4.69) is 18.0 Å². The second kappa shape index (κ2) is 8.42. The summed E-state index contributed by atoms with van der Waals surface area (Å²) in [7, 11) is 3.93. The largest absolute Gasteiger partial charge is 0.308 e. The number of aryl methyl sites for hydroxylation is 3. The SMILES string of the molecule is Cc1ccc2sc(N(CCN(C)C)C(=O)Cn3cnc(C)c(C)c3=O)nc2c1C. The molecule has 0 atom stereocenters. The number of carbonyl (C=O) groups is 1. The maximum absolute atomic E-state index is 13.2. The molecule has 0 aliphatic rings. The molecule has 2 aromatic heterocycles. The average molecular weight is 414 g/mol. The van der Waals surface area contributed by atoms with Gasteiger partial charge in [0.15, 0.2) is 5.13 Å². The number of fused-ring (bicyclic) bond motifs is 1. The van der Waals surface area contributed by atoms with Crippen LogP contribution in [0.3, 0.4) is 0 Å². The molecule has 0 saturated heterocycles. The summed E-state index contributed by atoms with van der Waals surface area (Å²) in [5.74, 6) is -0.174. The van der Waals surface area contributed by atoms with Crippen molar-refractivity contribution in [2.75, 3.05) is 32.1 Å². The fourth-order valence-electron chi connectivity index (χ4n) is 2.98. The fourth-order valence-corrected chi connectivity index (χ4v) is 4.04. The Morgan fingerprint density at radius 2 is 1.83 bits per heavy atom. The molecule has 0 N–H and O–H groups in total. The Balaban J connectivity index is 1.97. The van der Waals surface area contributed by atoms with Gasteiger partial charge in [0.05, 0.1) is 16.5 Å². The first-order chi connectivity index (χ1) is 13.7. The summed E-state index contributed by atoms with van der Waals surface area (Å²) in [5, 5.41) is 0.658. The van der Waals surface area contributed by atoms with Crippen molar-refractivity contribution >= 4 is 32.6 Å². The van der Waals surface area contributed by atoms with Crippen LogP contribution < -0.4 is 10.5 Å². The summed E-state index contributed by atoms with van der Waals surface area (Å²) >= 11 is 1.50. The van der Waals surface area contributed by atoms with E-state index in [1.807, 2.05) is 32.0 Å². The number of rotatable bonds is 6.